The Bertz CT molecular complexity index is 974. The SMILES string of the molecule is Cc1noc2c1-c1ccccc1C(c1ccccc1)=N[C@H]2CC(=O)O. The lowest BCUT2D eigenvalue weighted by atomic mass is 9.93. The van der Waals surface area contributed by atoms with Gasteiger partial charge in [-0.2, -0.15) is 0 Å². The summed E-state index contributed by atoms with van der Waals surface area (Å²) in [6.07, 6.45) is -0.147. The van der Waals surface area contributed by atoms with Crippen LogP contribution < -0.4 is 0 Å². The number of aliphatic imine (C=N–C) groups is 1. The Balaban J connectivity index is 2.01. The van der Waals surface area contributed by atoms with Crippen molar-refractivity contribution >= 4 is 11.7 Å². The van der Waals surface area contributed by atoms with E-state index in [1.807, 2.05) is 61.5 Å². The molecule has 124 valence electrons. The Morgan fingerprint density at radius 2 is 1.76 bits per heavy atom. The van der Waals surface area contributed by atoms with E-state index in [4.69, 9.17) is 9.52 Å². The van der Waals surface area contributed by atoms with Crippen molar-refractivity contribution in [3.8, 4) is 11.1 Å². The van der Waals surface area contributed by atoms with Crippen molar-refractivity contribution in [2.45, 2.75) is 19.4 Å². The van der Waals surface area contributed by atoms with Crippen molar-refractivity contribution in [3.63, 3.8) is 0 Å². The zero-order valence-electron chi connectivity index (χ0n) is 13.6. The molecular formula is C20H16N2O3. The van der Waals surface area contributed by atoms with Gasteiger partial charge in [-0.25, -0.2) is 0 Å². The molecule has 0 bridgehead atoms. The number of carbonyl (C=O) groups is 1. The first-order valence-electron chi connectivity index (χ1n) is 8.06. The van der Waals surface area contributed by atoms with Gasteiger partial charge in [0, 0.05) is 11.1 Å². The number of hydrogen-bond donors (Lipinski definition) is 1. The quantitative estimate of drug-likeness (QED) is 0.786. The first-order valence-corrected chi connectivity index (χ1v) is 8.06. The van der Waals surface area contributed by atoms with Crippen LogP contribution in [0.1, 0.15) is 35.0 Å². The largest absolute Gasteiger partial charge is 0.481 e. The molecule has 4 rings (SSSR count). The molecule has 2 aromatic carbocycles. The normalized spacial score (nSPS) is 15.7. The van der Waals surface area contributed by atoms with Crippen molar-refractivity contribution in [1.82, 2.24) is 5.16 Å². The zero-order valence-corrected chi connectivity index (χ0v) is 13.6. The summed E-state index contributed by atoms with van der Waals surface area (Å²) < 4.78 is 5.50. The van der Waals surface area contributed by atoms with Gasteiger partial charge in [-0.05, 0) is 12.5 Å². The van der Waals surface area contributed by atoms with Gasteiger partial charge in [-0.15, -0.1) is 0 Å². The fourth-order valence-corrected chi connectivity index (χ4v) is 3.26. The van der Waals surface area contributed by atoms with Crippen LogP contribution in [0.25, 0.3) is 11.1 Å². The summed E-state index contributed by atoms with van der Waals surface area (Å²) in [6, 6.07) is 17.1. The number of hydrogen-bond acceptors (Lipinski definition) is 4. The van der Waals surface area contributed by atoms with Crippen LogP contribution in [0.15, 0.2) is 64.1 Å². The van der Waals surface area contributed by atoms with Gasteiger partial charge < -0.3 is 9.63 Å². The highest BCUT2D eigenvalue weighted by molar-refractivity contribution is 6.17. The van der Waals surface area contributed by atoms with E-state index in [2.05, 4.69) is 5.16 Å². The maximum Gasteiger partial charge on any atom is 0.306 e. The third-order valence-corrected chi connectivity index (χ3v) is 4.34. The molecule has 0 aliphatic carbocycles. The summed E-state index contributed by atoms with van der Waals surface area (Å²) in [6.45, 7) is 1.87. The molecule has 0 fully saturated rings. The van der Waals surface area contributed by atoms with Gasteiger partial charge >= 0.3 is 5.97 Å². The number of carboxylic acid groups (broad SMARTS) is 1. The summed E-state index contributed by atoms with van der Waals surface area (Å²) in [4.78, 5) is 16.2. The lowest BCUT2D eigenvalue weighted by molar-refractivity contribution is -0.137. The van der Waals surface area contributed by atoms with Gasteiger partial charge in [0.05, 0.1) is 23.4 Å². The summed E-state index contributed by atoms with van der Waals surface area (Å²) in [5, 5.41) is 13.4. The Morgan fingerprint density at radius 3 is 2.48 bits per heavy atom. The van der Waals surface area contributed by atoms with Crippen molar-refractivity contribution in [3.05, 3.63) is 77.2 Å². The summed E-state index contributed by atoms with van der Waals surface area (Å²) in [5.41, 5.74) is 5.22. The molecule has 1 atom stereocenters. The highest BCUT2D eigenvalue weighted by atomic mass is 16.5. The van der Waals surface area contributed by atoms with Crippen LogP contribution >= 0.6 is 0 Å². The molecule has 1 aromatic heterocycles. The third kappa shape index (κ3) is 2.63. The second kappa shape index (κ2) is 6.02. The van der Waals surface area contributed by atoms with Gasteiger partial charge in [-0.3, -0.25) is 9.79 Å². The van der Waals surface area contributed by atoms with Crippen molar-refractivity contribution in [1.29, 1.82) is 0 Å². The Labute approximate surface area is 144 Å². The molecule has 0 spiro atoms. The minimum Gasteiger partial charge on any atom is -0.481 e. The molecule has 0 radical (unpaired) electrons. The van der Waals surface area contributed by atoms with Crippen LogP contribution in [0.2, 0.25) is 0 Å². The second-order valence-electron chi connectivity index (χ2n) is 6.01. The molecule has 2 heterocycles. The number of rotatable bonds is 3. The molecule has 1 aliphatic heterocycles. The average Bonchev–Trinajstić information content (AvgIpc) is 2.94. The molecule has 0 saturated heterocycles. The number of carboxylic acids is 1. The van der Waals surface area contributed by atoms with E-state index in [0.717, 1.165) is 33.7 Å². The summed E-state index contributed by atoms with van der Waals surface area (Å²) in [7, 11) is 0. The zero-order chi connectivity index (χ0) is 17.4. The predicted molar refractivity (Wildman–Crippen MR) is 93.8 cm³/mol. The number of aliphatic carboxylic acids is 1. The van der Waals surface area contributed by atoms with E-state index < -0.39 is 12.0 Å². The van der Waals surface area contributed by atoms with Gasteiger partial charge in [0.25, 0.3) is 0 Å². The topological polar surface area (TPSA) is 75.7 Å². The minimum atomic E-state index is -0.924. The van der Waals surface area contributed by atoms with E-state index in [1.165, 1.54) is 0 Å². The predicted octanol–water partition coefficient (Wildman–Crippen LogP) is 4.02. The average molecular weight is 332 g/mol. The lowest BCUT2D eigenvalue weighted by Crippen LogP contribution is -2.08. The highest BCUT2D eigenvalue weighted by Gasteiger charge is 2.31. The molecule has 25 heavy (non-hydrogen) atoms. The standard InChI is InChI=1S/C20H16N2O3/c1-12-18-14-9-5-6-10-15(14)19(13-7-3-2-4-8-13)21-16(11-17(23)24)20(18)25-22-12/h2-10,16H,11H2,1H3,(H,23,24)/t16-/m0/s1. The fourth-order valence-electron chi connectivity index (χ4n) is 3.26. The van der Waals surface area contributed by atoms with Crippen LogP contribution in [-0.2, 0) is 4.79 Å². The fraction of sp³-hybridized carbons (Fsp3) is 0.150. The first kappa shape index (κ1) is 15.3. The van der Waals surface area contributed by atoms with Gasteiger partial charge in [-0.1, -0.05) is 59.8 Å². The number of fused-ring (bicyclic) bond motifs is 3. The molecule has 1 aliphatic rings. The molecule has 0 amide bonds. The summed E-state index contributed by atoms with van der Waals surface area (Å²) in [5.74, 6) is -0.412. The third-order valence-electron chi connectivity index (χ3n) is 4.34. The molecule has 3 aromatic rings. The van der Waals surface area contributed by atoms with Gasteiger partial charge in [0.1, 0.15) is 6.04 Å². The first-order chi connectivity index (χ1) is 12.1. The molecule has 5 nitrogen and oxygen atoms in total. The number of aromatic nitrogens is 1. The molecule has 0 saturated carbocycles. The molecular weight excluding hydrogens is 316 g/mol. The highest BCUT2D eigenvalue weighted by Crippen LogP contribution is 2.40. The minimum absolute atomic E-state index is 0.147. The maximum absolute atomic E-state index is 11.4. The van der Waals surface area contributed by atoms with Gasteiger partial charge in [0.2, 0.25) is 0 Å². The monoisotopic (exact) mass is 332 g/mol. The van der Waals surface area contributed by atoms with Crippen LogP contribution in [0.4, 0.5) is 0 Å². The number of aryl methyl sites for hydroxylation is 1. The lowest BCUT2D eigenvalue weighted by Gasteiger charge is -2.11. The van der Waals surface area contributed by atoms with E-state index in [-0.39, 0.29) is 6.42 Å². The van der Waals surface area contributed by atoms with Gasteiger partial charge in [0.15, 0.2) is 5.76 Å². The number of nitrogens with zero attached hydrogens (tertiary/aromatic N) is 2. The van der Waals surface area contributed by atoms with Crippen LogP contribution in [0.3, 0.4) is 0 Å². The van der Waals surface area contributed by atoms with Crippen molar-refractivity contribution in [2.75, 3.05) is 0 Å². The van der Waals surface area contributed by atoms with Crippen molar-refractivity contribution < 1.29 is 14.4 Å². The van der Waals surface area contributed by atoms with E-state index in [0.29, 0.717) is 5.76 Å². The molecule has 5 heteroatoms. The second-order valence-corrected chi connectivity index (χ2v) is 6.01. The number of benzene rings is 2. The van der Waals surface area contributed by atoms with Crippen LogP contribution in [-0.4, -0.2) is 21.9 Å². The van der Waals surface area contributed by atoms with E-state index in [1.54, 1.807) is 0 Å². The Kier molecular flexibility index (Phi) is 3.69. The van der Waals surface area contributed by atoms with Crippen LogP contribution in [0, 0.1) is 6.92 Å². The summed E-state index contributed by atoms with van der Waals surface area (Å²) >= 11 is 0. The van der Waals surface area contributed by atoms with E-state index in [9.17, 15) is 9.90 Å². The van der Waals surface area contributed by atoms with E-state index >= 15 is 0 Å². The van der Waals surface area contributed by atoms with Crippen LogP contribution in [0.5, 0.6) is 0 Å². The Hall–Kier alpha value is -3.21. The van der Waals surface area contributed by atoms with Crippen molar-refractivity contribution in [2.24, 2.45) is 4.99 Å². The Morgan fingerprint density at radius 1 is 1.08 bits per heavy atom. The molecule has 0 unspecified atom stereocenters. The maximum atomic E-state index is 11.4. The smallest absolute Gasteiger partial charge is 0.306 e. The molecule has 1 N–H and O–H groups in total.